The highest BCUT2D eigenvalue weighted by Gasteiger charge is 2.07. The summed E-state index contributed by atoms with van der Waals surface area (Å²) in [7, 11) is 0. The first-order valence-corrected chi connectivity index (χ1v) is 8.33. The standard InChI is InChI=1S/C19H14ClN5O/c20-7-5-18(26)24-14-2-4-17-15(10-14)19(23-11-22-17)25-13-1-3-16-12(9-13)6-8-21-16/h1-11,21H,(H,24,26)(H,22,23,25). The second-order valence-corrected chi connectivity index (χ2v) is 5.89. The fourth-order valence-corrected chi connectivity index (χ4v) is 2.86. The summed E-state index contributed by atoms with van der Waals surface area (Å²) in [6.45, 7) is 0. The van der Waals surface area contributed by atoms with Crippen LogP contribution in [-0.2, 0) is 4.79 Å². The van der Waals surface area contributed by atoms with E-state index in [1.807, 2.05) is 42.6 Å². The van der Waals surface area contributed by atoms with Crippen molar-refractivity contribution in [2.75, 3.05) is 10.6 Å². The van der Waals surface area contributed by atoms with Crippen LogP contribution in [0.15, 0.2) is 66.6 Å². The van der Waals surface area contributed by atoms with Gasteiger partial charge in [0.1, 0.15) is 12.1 Å². The van der Waals surface area contributed by atoms with Gasteiger partial charge < -0.3 is 15.6 Å². The molecule has 0 aliphatic carbocycles. The zero-order valence-corrected chi connectivity index (χ0v) is 14.3. The number of hydrogen-bond donors (Lipinski definition) is 3. The maximum atomic E-state index is 11.7. The monoisotopic (exact) mass is 363 g/mol. The fraction of sp³-hybridized carbons (Fsp3) is 0. The summed E-state index contributed by atoms with van der Waals surface area (Å²) in [5, 5.41) is 7.98. The first-order valence-electron chi connectivity index (χ1n) is 7.89. The van der Waals surface area contributed by atoms with Crippen LogP contribution in [0, 0.1) is 0 Å². The number of carbonyl (C=O) groups is 1. The number of H-pyrrole nitrogens is 1. The number of halogens is 1. The van der Waals surface area contributed by atoms with Gasteiger partial charge in [0.2, 0.25) is 5.91 Å². The normalized spacial score (nSPS) is 11.3. The number of nitrogens with zero attached hydrogens (tertiary/aromatic N) is 2. The van der Waals surface area contributed by atoms with Gasteiger partial charge in [0.15, 0.2) is 0 Å². The largest absolute Gasteiger partial charge is 0.361 e. The zero-order chi connectivity index (χ0) is 17.9. The van der Waals surface area contributed by atoms with E-state index >= 15 is 0 Å². The molecule has 2 aromatic heterocycles. The molecule has 4 aromatic rings. The van der Waals surface area contributed by atoms with E-state index in [4.69, 9.17) is 11.6 Å². The first kappa shape index (κ1) is 16.1. The lowest BCUT2D eigenvalue weighted by atomic mass is 10.2. The number of fused-ring (bicyclic) bond motifs is 2. The van der Waals surface area contributed by atoms with Crippen LogP contribution in [0.2, 0.25) is 0 Å². The number of anilines is 3. The van der Waals surface area contributed by atoms with Crippen molar-refractivity contribution in [1.29, 1.82) is 0 Å². The number of nitrogens with one attached hydrogen (secondary N) is 3. The van der Waals surface area contributed by atoms with E-state index in [1.54, 1.807) is 6.07 Å². The molecule has 1 amide bonds. The smallest absolute Gasteiger partial charge is 0.249 e. The molecule has 0 aliphatic rings. The molecule has 7 heteroatoms. The molecule has 0 spiro atoms. The summed E-state index contributed by atoms with van der Waals surface area (Å²) in [5.41, 5.74) is 4.56. The van der Waals surface area contributed by atoms with Gasteiger partial charge in [-0.3, -0.25) is 4.79 Å². The summed E-state index contributed by atoms with van der Waals surface area (Å²) < 4.78 is 0. The Kier molecular flexibility index (Phi) is 4.25. The molecule has 4 rings (SSSR count). The summed E-state index contributed by atoms with van der Waals surface area (Å²) in [4.78, 5) is 23.5. The van der Waals surface area contributed by atoms with Crippen LogP contribution in [0.1, 0.15) is 0 Å². The molecule has 2 aromatic carbocycles. The molecule has 2 heterocycles. The van der Waals surface area contributed by atoms with E-state index in [2.05, 4.69) is 25.6 Å². The van der Waals surface area contributed by atoms with Crippen LogP contribution in [0.25, 0.3) is 21.8 Å². The summed E-state index contributed by atoms with van der Waals surface area (Å²) in [5.74, 6) is 0.359. The third-order valence-electron chi connectivity index (χ3n) is 3.93. The molecule has 0 unspecified atom stereocenters. The van der Waals surface area contributed by atoms with Gasteiger partial charge in [-0.2, -0.15) is 0 Å². The molecule has 0 aliphatic heterocycles. The molecular formula is C19H14ClN5O. The van der Waals surface area contributed by atoms with E-state index in [9.17, 15) is 4.79 Å². The van der Waals surface area contributed by atoms with Gasteiger partial charge in [-0.25, -0.2) is 9.97 Å². The predicted molar refractivity (Wildman–Crippen MR) is 105 cm³/mol. The van der Waals surface area contributed by atoms with Gasteiger partial charge in [0, 0.05) is 45.5 Å². The Labute approximate surface area is 153 Å². The van der Waals surface area contributed by atoms with E-state index in [0.29, 0.717) is 11.5 Å². The molecule has 0 bridgehead atoms. The third-order valence-corrected chi connectivity index (χ3v) is 4.06. The van der Waals surface area contributed by atoms with Gasteiger partial charge in [-0.15, -0.1) is 0 Å². The molecule has 3 N–H and O–H groups in total. The quantitative estimate of drug-likeness (QED) is 0.465. The maximum Gasteiger partial charge on any atom is 0.249 e. The van der Waals surface area contributed by atoms with Crippen molar-refractivity contribution in [2.24, 2.45) is 0 Å². The SMILES string of the molecule is O=C(C=CCl)Nc1ccc2ncnc(Nc3ccc4[nH]ccc4c3)c2c1. The Morgan fingerprint density at radius 2 is 1.96 bits per heavy atom. The van der Waals surface area contributed by atoms with Gasteiger partial charge in [-0.1, -0.05) is 11.6 Å². The van der Waals surface area contributed by atoms with Crippen molar-refractivity contribution in [1.82, 2.24) is 15.0 Å². The van der Waals surface area contributed by atoms with Crippen LogP contribution in [0.3, 0.4) is 0 Å². The number of hydrogen-bond acceptors (Lipinski definition) is 4. The lowest BCUT2D eigenvalue weighted by molar-refractivity contribution is -0.111. The number of carbonyl (C=O) groups excluding carboxylic acids is 1. The minimum atomic E-state index is -0.302. The van der Waals surface area contributed by atoms with Crippen molar-refractivity contribution in [3.8, 4) is 0 Å². The molecule has 0 saturated heterocycles. The van der Waals surface area contributed by atoms with Crippen LogP contribution in [-0.4, -0.2) is 20.9 Å². The van der Waals surface area contributed by atoms with Crippen molar-refractivity contribution in [3.63, 3.8) is 0 Å². The summed E-state index contributed by atoms with van der Waals surface area (Å²) >= 11 is 5.43. The Hall–Kier alpha value is -3.38. The molecule has 26 heavy (non-hydrogen) atoms. The Bertz CT molecular complexity index is 1140. The Morgan fingerprint density at radius 1 is 1.08 bits per heavy atom. The van der Waals surface area contributed by atoms with Crippen molar-refractivity contribution >= 4 is 56.5 Å². The van der Waals surface area contributed by atoms with Crippen molar-refractivity contribution in [2.45, 2.75) is 0 Å². The fourth-order valence-electron chi connectivity index (χ4n) is 2.74. The summed E-state index contributed by atoms with van der Waals surface area (Å²) in [6, 6.07) is 13.5. The van der Waals surface area contributed by atoms with Crippen LogP contribution < -0.4 is 10.6 Å². The molecule has 0 fully saturated rings. The van der Waals surface area contributed by atoms with Crippen molar-refractivity contribution < 1.29 is 4.79 Å². The topological polar surface area (TPSA) is 82.7 Å². The number of aromatic amines is 1. The second kappa shape index (κ2) is 6.85. The van der Waals surface area contributed by atoms with E-state index in [0.717, 1.165) is 27.5 Å². The van der Waals surface area contributed by atoms with Crippen molar-refractivity contribution in [3.05, 3.63) is 66.6 Å². The van der Waals surface area contributed by atoms with Gasteiger partial charge in [0.05, 0.1) is 5.52 Å². The zero-order valence-electron chi connectivity index (χ0n) is 13.5. The van der Waals surface area contributed by atoms with Crippen LogP contribution >= 0.6 is 11.6 Å². The number of aromatic nitrogens is 3. The minimum absolute atomic E-state index is 0.302. The molecule has 0 radical (unpaired) electrons. The highest BCUT2D eigenvalue weighted by atomic mass is 35.5. The minimum Gasteiger partial charge on any atom is -0.361 e. The highest BCUT2D eigenvalue weighted by Crippen LogP contribution is 2.27. The molecule has 128 valence electrons. The third kappa shape index (κ3) is 3.22. The average Bonchev–Trinajstić information content (AvgIpc) is 3.10. The number of amides is 1. The molecule has 0 atom stereocenters. The Morgan fingerprint density at radius 3 is 2.85 bits per heavy atom. The first-order chi connectivity index (χ1) is 12.7. The second-order valence-electron chi connectivity index (χ2n) is 5.64. The van der Waals surface area contributed by atoms with Crippen LogP contribution in [0.4, 0.5) is 17.2 Å². The lowest BCUT2D eigenvalue weighted by Gasteiger charge is -2.10. The van der Waals surface area contributed by atoms with Gasteiger partial charge in [-0.05, 0) is 42.5 Å². The molecule has 6 nitrogen and oxygen atoms in total. The molecule has 0 saturated carbocycles. The van der Waals surface area contributed by atoms with E-state index < -0.39 is 0 Å². The van der Waals surface area contributed by atoms with Gasteiger partial charge >= 0.3 is 0 Å². The highest BCUT2D eigenvalue weighted by molar-refractivity contribution is 6.27. The Balaban J connectivity index is 1.70. The van der Waals surface area contributed by atoms with Gasteiger partial charge in [0.25, 0.3) is 0 Å². The molecular weight excluding hydrogens is 350 g/mol. The summed E-state index contributed by atoms with van der Waals surface area (Å²) in [6.07, 6.45) is 4.66. The van der Waals surface area contributed by atoms with E-state index in [1.165, 1.54) is 17.9 Å². The lowest BCUT2D eigenvalue weighted by Crippen LogP contribution is -2.07. The number of rotatable bonds is 4. The average molecular weight is 364 g/mol. The predicted octanol–water partition coefficient (Wildman–Crippen LogP) is 4.55. The number of benzene rings is 2. The van der Waals surface area contributed by atoms with E-state index in [-0.39, 0.29) is 5.91 Å². The maximum absolute atomic E-state index is 11.7. The van der Waals surface area contributed by atoms with Crippen LogP contribution in [0.5, 0.6) is 0 Å².